The minimum Gasteiger partial charge on any atom is -0.359 e. The molecule has 0 radical (unpaired) electrons. The second-order valence-corrected chi connectivity index (χ2v) is 6.92. The molecule has 0 bridgehead atoms. The van der Waals surface area contributed by atoms with Crippen LogP contribution in [-0.2, 0) is 0 Å². The van der Waals surface area contributed by atoms with E-state index in [1.807, 2.05) is 35.2 Å². The highest BCUT2D eigenvalue weighted by Gasteiger charge is 2.33. The molecule has 0 saturated carbocycles. The third-order valence-corrected chi connectivity index (χ3v) is 4.79. The summed E-state index contributed by atoms with van der Waals surface area (Å²) in [7, 11) is 0. The molecule has 5 nitrogen and oxygen atoms in total. The minimum atomic E-state index is -0.109. The molecule has 1 aliphatic heterocycles. The number of carbonyl (C=O) groups excluding carboxylic acids is 1. The summed E-state index contributed by atoms with van der Waals surface area (Å²) in [5.74, 6) is 1.09. The fourth-order valence-corrected chi connectivity index (χ4v) is 3.17. The van der Waals surface area contributed by atoms with Crippen LogP contribution in [0.25, 0.3) is 0 Å². The largest absolute Gasteiger partial charge is 0.359 e. The Balaban J connectivity index is 1.75. The molecule has 1 atom stereocenters. The van der Waals surface area contributed by atoms with Gasteiger partial charge in [-0.15, -0.1) is 0 Å². The SMILES string of the molecule is CC(C)c1cc([C@@H]2CCCN2C(=O)Nc2ccccc2Br)on1. The molecule has 122 valence electrons. The lowest BCUT2D eigenvalue weighted by atomic mass is 10.1. The van der Waals surface area contributed by atoms with Crippen molar-refractivity contribution >= 4 is 27.6 Å². The van der Waals surface area contributed by atoms with Crippen molar-refractivity contribution in [1.29, 1.82) is 0 Å². The topological polar surface area (TPSA) is 58.4 Å². The van der Waals surface area contributed by atoms with Crippen molar-refractivity contribution in [3.8, 4) is 0 Å². The number of halogens is 1. The van der Waals surface area contributed by atoms with Gasteiger partial charge in [-0.3, -0.25) is 0 Å². The van der Waals surface area contributed by atoms with E-state index in [9.17, 15) is 4.79 Å². The molecule has 0 spiro atoms. The summed E-state index contributed by atoms with van der Waals surface area (Å²) < 4.78 is 6.35. The highest BCUT2D eigenvalue weighted by Crippen LogP contribution is 2.34. The lowest BCUT2D eigenvalue weighted by molar-refractivity contribution is 0.195. The number of amides is 2. The van der Waals surface area contributed by atoms with Gasteiger partial charge in [0.2, 0.25) is 0 Å². The maximum absolute atomic E-state index is 12.6. The van der Waals surface area contributed by atoms with Crippen molar-refractivity contribution in [2.45, 2.75) is 38.6 Å². The summed E-state index contributed by atoms with van der Waals surface area (Å²) in [5.41, 5.74) is 1.70. The van der Waals surface area contributed by atoms with E-state index in [0.717, 1.165) is 41.0 Å². The number of rotatable bonds is 3. The first kappa shape index (κ1) is 16.1. The van der Waals surface area contributed by atoms with E-state index < -0.39 is 0 Å². The van der Waals surface area contributed by atoms with Gasteiger partial charge in [0.05, 0.1) is 17.4 Å². The van der Waals surface area contributed by atoms with E-state index in [4.69, 9.17) is 4.52 Å². The highest BCUT2D eigenvalue weighted by molar-refractivity contribution is 9.10. The van der Waals surface area contributed by atoms with Gasteiger partial charge in [0, 0.05) is 17.1 Å². The first-order valence-electron chi connectivity index (χ1n) is 7.85. The molecular weight excluding hydrogens is 358 g/mol. The van der Waals surface area contributed by atoms with Gasteiger partial charge in [-0.05, 0) is 46.8 Å². The number of urea groups is 1. The number of para-hydroxylation sites is 1. The van der Waals surface area contributed by atoms with Crippen LogP contribution in [0.5, 0.6) is 0 Å². The molecule has 2 amide bonds. The number of nitrogens with zero attached hydrogens (tertiary/aromatic N) is 2. The molecule has 1 fully saturated rings. The van der Waals surface area contributed by atoms with E-state index in [1.54, 1.807) is 0 Å². The number of nitrogens with one attached hydrogen (secondary N) is 1. The third-order valence-electron chi connectivity index (χ3n) is 4.10. The lowest BCUT2D eigenvalue weighted by Gasteiger charge is -2.23. The van der Waals surface area contributed by atoms with E-state index >= 15 is 0 Å². The van der Waals surface area contributed by atoms with Gasteiger partial charge in [-0.2, -0.15) is 0 Å². The zero-order valence-corrected chi connectivity index (χ0v) is 14.8. The monoisotopic (exact) mass is 377 g/mol. The molecular formula is C17H20BrN3O2. The Morgan fingerprint density at radius 2 is 2.22 bits per heavy atom. The van der Waals surface area contributed by atoms with Crippen molar-refractivity contribution in [1.82, 2.24) is 10.1 Å². The van der Waals surface area contributed by atoms with Crippen molar-refractivity contribution < 1.29 is 9.32 Å². The van der Waals surface area contributed by atoms with Crippen LogP contribution in [-0.4, -0.2) is 22.6 Å². The number of likely N-dealkylation sites (tertiary alicyclic amines) is 1. The van der Waals surface area contributed by atoms with E-state index in [2.05, 4.69) is 40.3 Å². The van der Waals surface area contributed by atoms with Gasteiger partial charge in [0.1, 0.15) is 0 Å². The van der Waals surface area contributed by atoms with Crippen molar-refractivity contribution in [2.24, 2.45) is 0 Å². The molecule has 1 aromatic heterocycles. The lowest BCUT2D eigenvalue weighted by Crippen LogP contribution is -2.34. The van der Waals surface area contributed by atoms with Crippen LogP contribution in [0.4, 0.5) is 10.5 Å². The minimum absolute atomic E-state index is 0.0440. The van der Waals surface area contributed by atoms with E-state index in [0.29, 0.717) is 5.92 Å². The van der Waals surface area contributed by atoms with Gasteiger partial charge in [-0.25, -0.2) is 4.79 Å². The highest BCUT2D eigenvalue weighted by atomic mass is 79.9. The summed E-state index contributed by atoms with van der Waals surface area (Å²) in [6.45, 7) is 4.88. The molecule has 1 N–H and O–H groups in total. The Labute approximate surface area is 144 Å². The second-order valence-electron chi connectivity index (χ2n) is 6.07. The molecule has 1 aromatic carbocycles. The Morgan fingerprint density at radius 3 is 2.91 bits per heavy atom. The summed E-state index contributed by atoms with van der Waals surface area (Å²) in [4.78, 5) is 14.4. The predicted molar refractivity (Wildman–Crippen MR) is 92.4 cm³/mol. The van der Waals surface area contributed by atoms with Crippen LogP contribution in [0, 0.1) is 0 Å². The summed E-state index contributed by atoms with van der Waals surface area (Å²) >= 11 is 3.45. The maximum atomic E-state index is 12.6. The number of hydrogen-bond acceptors (Lipinski definition) is 3. The molecule has 2 aromatic rings. The molecule has 1 aliphatic rings. The van der Waals surface area contributed by atoms with Gasteiger partial charge in [0.25, 0.3) is 0 Å². The molecule has 0 unspecified atom stereocenters. The second kappa shape index (κ2) is 6.74. The quantitative estimate of drug-likeness (QED) is 0.824. The number of benzene rings is 1. The average Bonchev–Trinajstić information content (AvgIpc) is 3.17. The molecule has 23 heavy (non-hydrogen) atoms. The van der Waals surface area contributed by atoms with Crippen molar-refractivity contribution in [3.05, 3.63) is 46.3 Å². The van der Waals surface area contributed by atoms with E-state index in [-0.39, 0.29) is 12.1 Å². The predicted octanol–water partition coefficient (Wildman–Crippen LogP) is 4.93. The van der Waals surface area contributed by atoms with Crippen LogP contribution in [0.1, 0.15) is 50.1 Å². The first-order chi connectivity index (χ1) is 11.1. The molecule has 1 saturated heterocycles. The van der Waals surface area contributed by atoms with Crippen molar-refractivity contribution in [3.63, 3.8) is 0 Å². The Morgan fingerprint density at radius 1 is 1.43 bits per heavy atom. The fraction of sp³-hybridized carbons (Fsp3) is 0.412. The van der Waals surface area contributed by atoms with E-state index in [1.165, 1.54) is 0 Å². The average molecular weight is 378 g/mol. The van der Waals surface area contributed by atoms with Gasteiger partial charge >= 0.3 is 6.03 Å². The zero-order chi connectivity index (χ0) is 16.4. The number of hydrogen-bond donors (Lipinski definition) is 1. The van der Waals surface area contributed by atoms with Gasteiger partial charge in [-0.1, -0.05) is 31.1 Å². The Bertz CT molecular complexity index is 699. The van der Waals surface area contributed by atoms with Crippen LogP contribution >= 0.6 is 15.9 Å². The van der Waals surface area contributed by atoms with Crippen LogP contribution in [0.3, 0.4) is 0 Å². The fourth-order valence-electron chi connectivity index (χ4n) is 2.79. The summed E-state index contributed by atoms with van der Waals surface area (Å²) in [6, 6.07) is 9.41. The molecule has 3 rings (SSSR count). The first-order valence-corrected chi connectivity index (χ1v) is 8.64. The molecule has 2 heterocycles. The van der Waals surface area contributed by atoms with Crippen LogP contribution in [0.2, 0.25) is 0 Å². The number of anilines is 1. The number of aromatic nitrogens is 1. The van der Waals surface area contributed by atoms with Crippen molar-refractivity contribution in [2.75, 3.05) is 11.9 Å². The van der Waals surface area contributed by atoms with Gasteiger partial charge < -0.3 is 14.7 Å². The number of carbonyl (C=O) groups is 1. The Kier molecular flexibility index (Phi) is 4.71. The van der Waals surface area contributed by atoms with Crippen LogP contribution in [0.15, 0.2) is 39.3 Å². The summed E-state index contributed by atoms with van der Waals surface area (Å²) in [6.07, 6.45) is 1.86. The normalized spacial score (nSPS) is 17.7. The molecule has 0 aliphatic carbocycles. The standard InChI is InChI=1S/C17H20BrN3O2/c1-11(2)14-10-16(23-20-14)15-8-5-9-21(15)17(22)19-13-7-4-3-6-12(13)18/h3-4,6-7,10-11,15H,5,8-9H2,1-2H3,(H,19,22)/t15-/m0/s1. The third kappa shape index (κ3) is 3.42. The smallest absolute Gasteiger partial charge is 0.322 e. The molecule has 6 heteroatoms. The zero-order valence-electron chi connectivity index (χ0n) is 13.3. The summed E-state index contributed by atoms with van der Waals surface area (Å²) in [5, 5.41) is 7.07. The van der Waals surface area contributed by atoms with Gasteiger partial charge in [0.15, 0.2) is 5.76 Å². The maximum Gasteiger partial charge on any atom is 0.322 e. The van der Waals surface area contributed by atoms with Crippen LogP contribution < -0.4 is 5.32 Å². The Hall–Kier alpha value is -1.82.